The van der Waals surface area contributed by atoms with E-state index in [1.165, 1.54) is 0 Å². The van der Waals surface area contributed by atoms with Crippen LogP contribution in [0, 0.1) is 0 Å². The first-order chi connectivity index (χ1) is 5.07. The topological polar surface area (TPSA) is 49.3 Å². The van der Waals surface area contributed by atoms with E-state index in [0.717, 1.165) is 19.3 Å². The summed E-state index contributed by atoms with van der Waals surface area (Å²) < 4.78 is 0. The highest BCUT2D eigenvalue weighted by Crippen LogP contribution is 2.32. The first-order valence-corrected chi connectivity index (χ1v) is 4.28. The second kappa shape index (κ2) is 3.03. The van der Waals surface area contributed by atoms with Crippen LogP contribution >= 0.6 is 12.6 Å². The summed E-state index contributed by atoms with van der Waals surface area (Å²) in [6.45, 7) is 1.84. The van der Waals surface area contributed by atoms with Gasteiger partial charge in [-0.2, -0.15) is 12.6 Å². The fourth-order valence-corrected chi connectivity index (χ4v) is 1.60. The molecule has 0 saturated heterocycles. The summed E-state index contributed by atoms with van der Waals surface area (Å²) in [6, 6.07) is 0. The molecule has 1 aliphatic rings. The lowest BCUT2D eigenvalue weighted by atomic mass is 9.77. The quantitative estimate of drug-likeness (QED) is 0.440. The molecular weight excluding hydrogens is 162 g/mol. The number of rotatable bonds is 3. The van der Waals surface area contributed by atoms with Gasteiger partial charge in [0, 0.05) is 5.37 Å². The van der Waals surface area contributed by atoms with Crippen molar-refractivity contribution in [2.45, 2.75) is 37.1 Å². The Morgan fingerprint density at radius 3 is 2.36 bits per heavy atom. The molecule has 11 heavy (non-hydrogen) atoms. The molecule has 1 fully saturated rings. The lowest BCUT2D eigenvalue weighted by molar-refractivity contribution is -0.148. The summed E-state index contributed by atoms with van der Waals surface area (Å²) >= 11 is 4.10. The van der Waals surface area contributed by atoms with Crippen molar-refractivity contribution in [1.29, 1.82) is 0 Å². The first kappa shape index (κ1) is 8.87. The molecule has 2 N–H and O–H groups in total. The molecule has 0 amide bonds. The third-order valence-electron chi connectivity index (χ3n) is 2.10. The SMILES string of the molecule is CC(S)NC1(C(=O)O)CCC1. The van der Waals surface area contributed by atoms with E-state index in [2.05, 4.69) is 17.9 Å². The molecule has 0 aromatic carbocycles. The minimum Gasteiger partial charge on any atom is -0.480 e. The van der Waals surface area contributed by atoms with Crippen LogP contribution in [-0.4, -0.2) is 22.0 Å². The van der Waals surface area contributed by atoms with Gasteiger partial charge in [-0.15, -0.1) is 0 Å². The standard InChI is InChI=1S/C7H13NO2S/c1-5(11)8-7(6(9)10)3-2-4-7/h5,8,11H,2-4H2,1H3,(H,9,10). The third-order valence-corrected chi connectivity index (χ3v) is 2.23. The molecule has 64 valence electrons. The van der Waals surface area contributed by atoms with Crippen molar-refractivity contribution >= 4 is 18.6 Å². The van der Waals surface area contributed by atoms with Gasteiger partial charge in [0.1, 0.15) is 5.54 Å². The van der Waals surface area contributed by atoms with Crippen molar-refractivity contribution in [2.24, 2.45) is 0 Å². The number of hydrogen-bond donors (Lipinski definition) is 3. The monoisotopic (exact) mass is 175 g/mol. The molecule has 0 radical (unpaired) electrons. The Labute approximate surface area is 71.6 Å². The Morgan fingerprint density at radius 1 is 1.73 bits per heavy atom. The maximum Gasteiger partial charge on any atom is 0.323 e. The predicted octanol–water partition coefficient (Wildman–Crippen LogP) is 0.859. The van der Waals surface area contributed by atoms with Crippen molar-refractivity contribution in [2.75, 3.05) is 0 Å². The molecule has 1 saturated carbocycles. The highest BCUT2D eigenvalue weighted by atomic mass is 32.1. The third kappa shape index (κ3) is 1.68. The number of aliphatic carboxylic acids is 1. The zero-order valence-electron chi connectivity index (χ0n) is 6.50. The van der Waals surface area contributed by atoms with Crippen LogP contribution in [0.4, 0.5) is 0 Å². The molecule has 0 bridgehead atoms. The van der Waals surface area contributed by atoms with Gasteiger partial charge in [0.2, 0.25) is 0 Å². The Hall–Kier alpha value is -0.220. The van der Waals surface area contributed by atoms with E-state index in [1.54, 1.807) is 0 Å². The maximum absolute atomic E-state index is 10.7. The van der Waals surface area contributed by atoms with Gasteiger partial charge in [0.15, 0.2) is 0 Å². The second-order valence-electron chi connectivity index (χ2n) is 3.06. The van der Waals surface area contributed by atoms with Crippen LogP contribution < -0.4 is 5.32 Å². The number of carboxylic acid groups (broad SMARTS) is 1. The van der Waals surface area contributed by atoms with Gasteiger partial charge in [0.05, 0.1) is 0 Å². The molecule has 3 nitrogen and oxygen atoms in total. The minimum absolute atomic E-state index is 0.0496. The van der Waals surface area contributed by atoms with Gasteiger partial charge in [0.25, 0.3) is 0 Å². The van der Waals surface area contributed by atoms with Gasteiger partial charge < -0.3 is 5.11 Å². The Balaban J connectivity index is 2.54. The van der Waals surface area contributed by atoms with Gasteiger partial charge >= 0.3 is 5.97 Å². The zero-order valence-corrected chi connectivity index (χ0v) is 7.40. The average Bonchev–Trinajstić information content (AvgIpc) is 1.77. The van der Waals surface area contributed by atoms with Crippen LogP contribution in [0.15, 0.2) is 0 Å². The largest absolute Gasteiger partial charge is 0.480 e. The summed E-state index contributed by atoms with van der Waals surface area (Å²) in [6.07, 6.45) is 2.46. The molecular formula is C7H13NO2S. The normalized spacial score (nSPS) is 23.8. The van der Waals surface area contributed by atoms with Gasteiger partial charge in [-0.3, -0.25) is 10.1 Å². The van der Waals surface area contributed by atoms with Crippen LogP contribution in [-0.2, 0) is 4.79 Å². The molecule has 1 unspecified atom stereocenters. The number of thiol groups is 1. The fraction of sp³-hybridized carbons (Fsp3) is 0.857. The van der Waals surface area contributed by atoms with E-state index in [1.807, 2.05) is 6.92 Å². The molecule has 4 heteroatoms. The number of carbonyl (C=O) groups is 1. The smallest absolute Gasteiger partial charge is 0.323 e. The molecule has 0 aromatic heterocycles. The van der Waals surface area contributed by atoms with Crippen LogP contribution in [0.5, 0.6) is 0 Å². The minimum atomic E-state index is -0.746. The summed E-state index contributed by atoms with van der Waals surface area (Å²) in [7, 11) is 0. The molecule has 1 rings (SSSR count). The van der Waals surface area contributed by atoms with Crippen LogP contribution in [0.2, 0.25) is 0 Å². The number of hydrogen-bond acceptors (Lipinski definition) is 3. The second-order valence-corrected chi connectivity index (χ2v) is 3.84. The van der Waals surface area contributed by atoms with E-state index in [-0.39, 0.29) is 5.37 Å². The number of carboxylic acids is 1. The summed E-state index contributed by atoms with van der Waals surface area (Å²) in [5.74, 6) is -0.746. The van der Waals surface area contributed by atoms with E-state index in [9.17, 15) is 4.79 Å². The highest BCUT2D eigenvalue weighted by Gasteiger charge is 2.44. The zero-order chi connectivity index (χ0) is 8.48. The molecule has 1 aliphatic carbocycles. The van der Waals surface area contributed by atoms with E-state index >= 15 is 0 Å². The van der Waals surface area contributed by atoms with Crippen LogP contribution in [0.25, 0.3) is 0 Å². The maximum atomic E-state index is 10.7. The number of nitrogens with one attached hydrogen (secondary N) is 1. The van der Waals surface area contributed by atoms with Crippen molar-refractivity contribution in [3.63, 3.8) is 0 Å². The molecule has 0 spiro atoms. The Bertz CT molecular complexity index is 166. The van der Waals surface area contributed by atoms with Gasteiger partial charge in [-0.25, -0.2) is 0 Å². The molecule has 1 atom stereocenters. The van der Waals surface area contributed by atoms with Crippen molar-refractivity contribution in [3.05, 3.63) is 0 Å². The lowest BCUT2D eigenvalue weighted by Crippen LogP contribution is -2.58. The summed E-state index contributed by atoms with van der Waals surface area (Å²) in [5.41, 5.74) is -0.666. The average molecular weight is 175 g/mol. The van der Waals surface area contributed by atoms with Crippen LogP contribution in [0.3, 0.4) is 0 Å². The Morgan fingerprint density at radius 2 is 2.27 bits per heavy atom. The van der Waals surface area contributed by atoms with Crippen molar-refractivity contribution < 1.29 is 9.90 Å². The van der Waals surface area contributed by atoms with E-state index in [4.69, 9.17) is 5.11 Å². The van der Waals surface area contributed by atoms with Crippen molar-refractivity contribution in [1.82, 2.24) is 5.32 Å². The molecule has 0 aliphatic heterocycles. The highest BCUT2D eigenvalue weighted by molar-refractivity contribution is 7.80. The summed E-state index contributed by atoms with van der Waals surface area (Å²) in [4.78, 5) is 10.7. The van der Waals surface area contributed by atoms with E-state index in [0.29, 0.717) is 0 Å². The Kier molecular flexibility index (Phi) is 2.44. The molecule has 0 heterocycles. The van der Waals surface area contributed by atoms with E-state index < -0.39 is 11.5 Å². The fourth-order valence-electron chi connectivity index (χ4n) is 1.35. The predicted molar refractivity (Wildman–Crippen MR) is 45.8 cm³/mol. The molecule has 0 aromatic rings. The summed E-state index contributed by atoms with van der Waals surface area (Å²) in [5, 5.41) is 11.7. The van der Waals surface area contributed by atoms with Gasteiger partial charge in [-0.05, 0) is 26.2 Å². The first-order valence-electron chi connectivity index (χ1n) is 3.76. The van der Waals surface area contributed by atoms with Crippen molar-refractivity contribution in [3.8, 4) is 0 Å². The lowest BCUT2D eigenvalue weighted by Gasteiger charge is -2.39. The van der Waals surface area contributed by atoms with Crippen LogP contribution in [0.1, 0.15) is 26.2 Å². The van der Waals surface area contributed by atoms with Gasteiger partial charge in [-0.1, -0.05) is 0 Å².